The van der Waals surface area contributed by atoms with Gasteiger partial charge < -0.3 is 10.5 Å². The topological polar surface area (TPSA) is 48.1 Å². The molecule has 1 aromatic rings. The van der Waals surface area contributed by atoms with Crippen molar-refractivity contribution in [3.8, 4) is 0 Å². The van der Waals surface area contributed by atoms with Crippen LogP contribution in [0.4, 0.5) is 0 Å². The van der Waals surface area contributed by atoms with E-state index in [1.165, 1.54) is 0 Å². The monoisotopic (exact) mass is 186 g/mol. The van der Waals surface area contributed by atoms with Gasteiger partial charge in [-0.3, -0.25) is 0 Å². The van der Waals surface area contributed by atoms with Gasteiger partial charge >= 0.3 is 0 Å². The number of rotatable bonds is 5. The van der Waals surface area contributed by atoms with Crippen LogP contribution in [0.1, 0.15) is 10.7 Å². The SMILES string of the molecule is COCCc1nc(CCN)cs1. The number of methoxy groups -OCH3 is 1. The van der Waals surface area contributed by atoms with Crippen LogP contribution in [0.25, 0.3) is 0 Å². The van der Waals surface area contributed by atoms with Gasteiger partial charge in [0.15, 0.2) is 0 Å². The van der Waals surface area contributed by atoms with E-state index in [0.717, 1.165) is 30.2 Å². The molecule has 0 aromatic carbocycles. The van der Waals surface area contributed by atoms with Crippen molar-refractivity contribution in [3.63, 3.8) is 0 Å². The van der Waals surface area contributed by atoms with E-state index in [9.17, 15) is 0 Å². The minimum Gasteiger partial charge on any atom is -0.384 e. The highest BCUT2D eigenvalue weighted by atomic mass is 32.1. The Labute approximate surface area is 76.6 Å². The van der Waals surface area contributed by atoms with E-state index in [0.29, 0.717) is 6.54 Å². The maximum atomic E-state index is 5.41. The van der Waals surface area contributed by atoms with Crippen molar-refractivity contribution in [1.29, 1.82) is 0 Å². The molecule has 0 saturated carbocycles. The third-order valence-electron chi connectivity index (χ3n) is 1.52. The van der Waals surface area contributed by atoms with Crippen LogP contribution >= 0.6 is 11.3 Å². The lowest BCUT2D eigenvalue weighted by Gasteiger charge is -1.93. The van der Waals surface area contributed by atoms with Crippen LogP contribution in [0.5, 0.6) is 0 Å². The van der Waals surface area contributed by atoms with Crippen molar-refractivity contribution >= 4 is 11.3 Å². The number of nitrogens with zero attached hydrogens (tertiary/aromatic N) is 1. The van der Waals surface area contributed by atoms with Crippen LogP contribution < -0.4 is 5.73 Å². The normalized spacial score (nSPS) is 10.5. The van der Waals surface area contributed by atoms with Crippen LogP contribution in [0.2, 0.25) is 0 Å². The first kappa shape index (κ1) is 9.64. The van der Waals surface area contributed by atoms with Gasteiger partial charge in [0.25, 0.3) is 0 Å². The fourth-order valence-corrected chi connectivity index (χ4v) is 1.73. The zero-order valence-corrected chi connectivity index (χ0v) is 8.06. The Hall–Kier alpha value is -0.450. The van der Waals surface area contributed by atoms with Gasteiger partial charge in [-0.2, -0.15) is 0 Å². The zero-order valence-electron chi connectivity index (χ0n) is 7.25. The van der Waals surface area contributed by atoms with E-state index in [-0.39, 0.29) is 0 Å². The largest absolute Gasteiger partial charge is 0.384 e. The third kappa shape index (κ3) is 2.89. The molecule has 1 aromatic heterocycles. The Morgan fingerprint density at radius 3 is 3.08 bits per heavy atom. The molecule has 0 saturated heterocycles. The molecule has 0 amide bonds. The molecule has 3 nitrogen and oxygen atoms in total. The highest BCUT2D eigenvalue weighted by Crippen LogP contribution is 2.10. The molecule has 0 atom stereocenters. The molecular formula is C8H14N2OS. The second kappa shape index (κ2) is 5.24. The van der Waals surface area contributed by atoms with Gasteiger partial charge in [0, 0.05) is 25.3 Å². The summed E-state index contributed by atoms with van der Waals surface area (Å²) in [5.74, 6) is 0. The van der Waals surface area contributed by atoms with Crippen LogP contribution in [-0.2, 0) is 17.6 Å². The Balaban J connectivity index is 2.41. The maximum absolute atomic E-state index is 5.41. The van der Waals surface area contributed by atoms with Gasteiger partial charge in [-0.05, 0) is 6.54 Å². The number of aromatic nitrogens is 1. The van der Waals surface area contributed by atoms with Crippen molar-refractivity contribution in [2.24, 2.45) is 5.73 Å². The number of hydrogen-bond donors (Lipinski definition) is 1. The average molecular weight is 186 g/mol. The summed E-state index contributed by atoms with van der Waals surface area (Å²) < 4.78 is 4.96. The van der Waals surface area contributed by atoms with Crippen LogP contribution in [0, 0.1) is 0 Å². The van der Waals surface area contributed by atoms with Gasteiger partial charge in [-0.25, -0.2) is 4.98 Å². The summed E-state index contributed by atoms with van der Waals surface area (Å²) in [6.45, 7) is 1.42. The molecule has 0 spiro atoms. The highest BCUT2D eigenvalue weighted by molar-refractivity contribution is 7.09. The van der Waals surface area contributed by atoms with Gasteiger partial charge in [0.1, 0.15) is 0 Å². The van der Waals surface area contributed by atoms with Crippen molar-refractivity contribution in [3.05, 3.63) is 16.1 Å². The quantitative estimate of drug-likeness (QED) is 0.741. The molecule has 4 heteroatoms. The third-order valence-corrected chi connectivity index (χ3v) is 2.48. The lowest BCUT2D eigenvalue weighted by Crippen LogP contribution is -2.03. The predicted molar refractivity (Wildman–Crippen MR) is 50.5 cm³/mol. The van der Waals surface area contributed by atoms with Gasteiger partial charge in [-0.15, -0.1) is 11.3 Å². The Morgan fingerprint density at radius 2 is 2.42 bits per heavy atom. The first-order chi connectivity index (χ1) is 5.86. The number of ether oxygens (including phenoxy) is 1. The summed E-state index contributed by atoms with van der Waals surface area (Å²) in [7, 11) is 1.70. The average Bonchev–Trinajstić information content (AvgIpc) is 2.50. The summed E-state index contributed by atoms with van der Waals surface area (Å²) in [4.78, 5) is 4.40. The van der Waals surface area contributed by atoms with Crippen LogP contribution in [0.15, 0.2) is 5.38 Å². The molecule has 0 bridgehead atoms. The molecule has 12 heavy (non-hydrogen) atoms. The molecule has 0 aliphatic carbocycles. The predicted octanol–water partition coefficient (Wildman–Crippen LogP) is 0.833. The number of nitrogens with two attached hydrogens (primary N) is 1. The lowest BCUT2D eigenvalue weighted by molar-refractivity contribution is 0.202. The maximum Gasteiger partial charge on any atom is 0.0951 e. The summed E-state index contributed by atoms with van der Waals surface area (Å²) in [5, 5.41) is 3.21. The Kier molecular flexibility index (Phi) is 4.21. The molecule has 2 N–H and O–H groups in total. The van der Waals surface area contributed by atoms with Crippen LogP contribution in [-0.4, -0.2) is 25.2 Å². The summed E-state index contributed by atoms with van der Waals surface area (Å²) in [6, 6.07) is 0. The second-order valence-corrected chi connectivity index (χ2v) is 3.46. The fraction of sp³-hybridized carbons (Fsp3) is 0.625. The molecule has 68 valence electrons. The van der Waals surface area contributed by atoms with E-state index in [1.54, 1.807) is 18.4 Å². The van der Waals surface area contributed by atoms with E-state index < -0.39 is 0 Å². The zero-order chi connectivity index (χ0) is 8.81. The molecule has 0 unspecified atom stereocenters. The van der Waals surface area contributed by atoms with Crippen molar-refractivity contribution in [2.75, 3.05) is 20.3 Å². The highest BCUT2D eigenvalue weighted by Gasteiger charge is 1.99. The van der Waals surface area contributed by atoms with Crippen molar-refractivity contribution < 1.29 is 4.74 Å². The molecule has 0 radical (unpaired) electrons. The molecule has 0 fully saturated rings. The Bertz CT molecular complexity index is 225. The summed E-state index contributed by atoms with van der Waals surface area (Å²) in [5.41, 5.74) is 6.52. The van der Waals surface area contributed by atoms with Crippen LogP contribution in [0.3, 0.4) is 0 Å². The van der Waals surface area contributed by atoms with E-state index in [1.807, 2.05) is 0 Å². The molecular weight excluding hydrogens is 172 g/mol. The summed E-state index contributed by atoms with van der Waals surface area (Å²) >= 11 is 1.68. The second-order valence-electron chi connectivity index (χ2n) is 2.51. The standard InChI is InChI=1S/C8H14N2OS/c1-11-5-3-8-10-7(2-4-9)6-12-8/h6H,2-5,9H2,1H3. The van der Waals surface area contributed by atoms with Gasteiger partial charge in [0.05, 0.1) is 17.3 Å². The molecule has 0 aliphatic heterocycles. The van der Waals surface area contributed by atoms with E-state index >= 15 is 0 Å². The first-order valence-corrected chi connectivity index (χ1v) is 4.87. The summed E-state index contributed by atoms with van der Waals surface area (Å²) in [6.07, 6.45) is 1.79. The smallest absolute Gasteiger partial charge is 0.0951 e. The minimum absolute atomic E-state index is 0.674. The molecule has 0 aliphatic rings. The lowest BCUT2D eigenvalue weighted by atomic mass is 10.3. The first-order valence-electron chi connectivity index (χ1n) is 3.99. The fourth-order valence-electron chi connectivity index (χ4n) is 0.916. The van der Waals surface area contributed by atoms with Gasteiger partial charge in [-0.1, -0.05) is 0 Å². The minimum atomic E-state index is 0.674. The molecule has 1 rings (SSSR count). The van der Waals surface area contributed by atoms with E-state index in [4.69, 9.17) is 10.5 Å². The van der Waals surface area contributed by atoms with Gasteiger partial charge in [0.2, 0.25) is 0 Å². The van der Waals surface area contributed by atoms with Crippen molar-refractivity contribution in [1.82, 2.24) is 4.98 Å². The number of thiazole rings is 1. The van der Waals surface area contributed by atoms with E-state index in [2.05, 4.69) is 10.4 Å². The molecule has 1 heterocycles. The Morgan fingerprint density at radius 1 is 1.58 bits per heavy atom. The number of hydrogen-bond acceptors (Lipinski definition) is 4. The van der Waals surface area contributed by atoms with Crippen molar-refractivity contribution in [2.45, 2.75) is 12.8 Å².